The van der Waals surface area contributed by atoms with E-state index in [4.69, 9.17) is 11.6 Å². The lowest BCUT2D eigenvalue weighted by Gasteiger charge is -1.98. The highest BCUT2D eigenvalue weighted by Gasteiger charge is 2.06. The van der Waals surface area contributed by atoms with Crippen LogP contribution >= 0.6 is 11.6 Å². The molecule has 0 fully saturated rings. The molecule has 0 bridgehead atoms. The molecular formula is C11H11ClN2. The third-order valence-electron chi connectivity index (χ3n) is 2.18. The van der Waals surface area contributed by atoms with Crippen LogP contribution in [0.3, 0.4) is 0 Å². The summed E-state index contributed by atoms with van der Waals surface area (Å²) in [6.07, 6.45) is 0. The molecule has 1 heterocycles. The first-order valence-corrected chi connectivity index (χ1v) is 4.84. The van der Waals surface area contributed by atoms with Crippen LogP contribution in [0.2, 0.25) is 5.28 Å². The number of aromatic nitrogens is 2. The molecule has 14 heavy (non-hydrogen) atoms. The molecule has 0 radical (unpaired) electrons. The maximum absolute atomic E-state index is 5.78. The number of aryl methyl sites for hydroxylation is 2. The van der Waals surface area contributed by atoms with E-state index in [2.05, 4.69) is 41.2 Å². The van der Waals surface area contributed by atoms with E-state index in [9.17, 15) is 0 Å². The Hall–Kier alpha value is -1.28. The Kier molecular flexibility index (Phi) is 2.30. The van der Waals surface area contributed by atoms with E-state index in [1.165, 1.54) is 5.56 Å². The summed E-state index contributed by atoms with van der Waals surface area (Å²) in [5.41, 5.74) is 4.26. The van der Waals surface area contributed by atoms with Gasteiger partial charge in [-0.15, -0.1) is 0 Å². The fourth-order valence-electron chi connectivity index (χ4n) is 1.42. The quantitative estimate of drug-likeness (QED) is 0.762. The second-order valence-corrected chi connectivity index (χ2v) is 3.73. The highest BCUT2D eigenvalue weighted by molar-refractivity contribution is 6.28. The predicted molar refractivity (Wildman–Crippen MR) is 58.5 cm³/mol. The van der Waals surface area contributed by atoms with Crippen molar-refractivity contribution in [1.82, 2.24) is 9.97 Å². The van der Waals surface area contributed by atoms with Crippen molar-refractivity contribution in [2.75, 3.05) is 0 Å². The van der Waals surface area contributed by atoms with E-state index < -0.39 is 0 Å². The van der Waals surface area contributed by atoms with Crippen LogP contribution < -0.4 is 0 Å². The standard InChI is InChI=1S/C11H11ClN2/c1-7-3-5-9(6-4-7)10-8(2)13-11(12)14-10/h3-6H,1-2H3,(H,13,14). The molecule has 0 amide bonds. The number of aromatic amines is 1. The van der Waals surface area contributed by atoms with Gasteiger partial charge in [0, 0.05) is 11.3 Å². The molecule has 0 aliphatic heterocycles. The molecule has 0 saturated carbocycles. The molecule has 0 saturated heterocycles. The zero-order valence-electron chi connectivity index (χ0n) is 8.13. The number of benzene rings is 1. The van der Waals surface area contributed by atoms with Crippen molar-refractivity contribution in [3.05, 3.63) is 40.8 Å². The van der Waals surface area contributed by atoms with E-state index in [1.807, 2.05) is 6.92 Å². The highest BCUT2D eigenvalue weighted by atomic mass is 35.5. The summed E-state index contributed by atoms with van der Waals surface area (Å²) in [7, 11) is 0. The minimum atomic E-state index is 0.443. The van der Waals surface area contributed by atoms with Crippen LogP contribution in [0.1, 0.15) is 11.3 Å². The normalized spacial score (nSPS) is 10.5. The second-order valence-electron chi connectivity index (χ2n) is 3.37. The zero-order valence-corrected chi connectivity index (χ0v) is 8.89. The summed E-state index contributed by atoms with van der Waals surface area (Å²) in [6, 6.07) is 8.23. The third-order valence-corrected chi connectivity index (χ3v) is 2.36. The first-order valence-electron chi connectivity index (χ1n) is 4.46. The van der Waals surface area contributed by atoms with Gasteiger partial charge in [0.05, 0.1) is 5.69 Å². The largest absolute Gasteiger partial charge is 0.332 e. The molecule has 72 valence electrons. The number of nitrogens with zero attached hydrogens (tertiary/aromatic N) is 1. The number of halogens is 1. The SMILES string of the molecule is Cc1ccc(-c2nc(Cl)[nH]c2C)cc1. The first kappa shape index (κ1) is 9.28. The Labute approximate surface area is 88.0 Å². The molecule has 0 spiro atoms. The van der Waals surface area contributed by atoms with Gasteiger partial charge in [-0.3, -0.25) is 0 Å². The molecule has 0 aliphatic rings. The van der Waals surface area contributed by atoms with Crippen LogP contribution in [0, 0.1) is 13.8 Å². The maximum atomic E-state index is 5.78. The Bertz CT molecular complexity index is 443. The van der Waals surface area contributed by atoms with Crippen molar-refractivity contribution < 1.29 is 0 Å². The summed E-state index contributed by atoms with van der Waals surface area (Å²) >= 11 is 5.78. The number of rotatable bonds is 1. The molecule has 2 aromatic rings. The van der Waals surface area contributed by atoms with Crippen molar-refractivity contribution in [3.63, 3.8) is 0 Å². The van der Waals surface area contributed by atoms with Crippen molar-refractivity contribution in [3.8, 4) is 11.3 Å². The average molecular weight is 207 g/mol. The van der Waals surface area contributed by atoms with Crippen molar-refractivity contribution in [1.29, 1.82) is 0 Å². The predicted octanol–water partition coefficient (Wildman–Crippen LogP) is 3.35. The van der Waals surface area contributed by atoms with Crippen molar-refractivity contribution >= 4 is 11.6 Å². The molecule has 0 unspecified atom stereocenters. The molecular weight excluding hydrogens is 196 g/mol. The summed E-state index contributed by atoms with van der Waals surface area (Å²) in [6.45, 7) is 4.03. The van der Waals surface area contributed by atoms with Crippen LogP contribution in [-0.2, 0) is 0 Å². The number of nitrogens with one attached hydrogen (secondary N) is 1. The number of hydrogen-bond donors (Lipinski definition) is 1. The number of H-pyrrole nitrogens is 1. The van der Waals surface area contributed by atoms with Gasteiger partial charge in [-0.25, -0.2) is 4.98 Å². The van der Waals surface area contributed by atoms with Gasteiger partial charge in [0.1, 0.15) is 0 Å². The van der Waals surface area contributed by atoms with Crippen LogP contribution in [0.5, 0.6) is 0 Å². The highest BCUT2D eigenvalue weighted by Crippen LogP contribution is 2.22. The van der Waals surface area contributed by atoms with E-state index in [0.717, 1.165) is 17.0 Å². The fourth-order valence-corrected chi connectivity index (χ4v) is 1.64. The van der Waals surface area contributed by atoms with Gasteiger partial charge >= 0.3 is 0 Å². The van der Waals surface area contributed by atoms with Crippen molar-refractivity contribution in [2.24, 2.45) is 0 Å². The first-order chi connectivity index (χ1) is 6.66. The molecule has 1 aromatic heterocycles. The van der Waals surface area contributed by atoms with Gasteiger partial charge in [-0.2, -0.15) is 0 Å². The molecule has 0 atom stereocenters. The summed E-state index contributed by atoms with van der Waals surface area (Å²) in [5.74, 6) is 0. The maximum Gasteiger partial charge on any atom is 0.200 e. The Balaban J connectivity index is 2.49. The van der Waals surface area contributed by atoms with Crippen LogP contribution in [0.25, 0.3) is 11.3 Å². The summed E-state index contributed by atoms with van der Waals surface area (Å²) in [4.78, 5) is 7.19. The lowest BCUT2D eigenvalue weighted by atomic mass is 10.1. The van der Waals surface area contributed by atoms with Crippen LogP contribution in [-0.4, -0.2) is 9.97 Å². The third kappa shape index (κ3) is 1.66. The molecule has 2 nitrogen and oxygen atoms in total. The number of imidazole rings is 1. The Morgan fingerprint density at radius 2 is 1.79 bits per heavy atom. The van der Waals surface area contributed by atoms with Crippen molar-refractivity contribution in [2.45, 2.75) is 13.8 Å². The lowest BCUT2D eigenvalue weighted by Crippen LogP contribution is -1.81. The van der Waals surface area contributed by atoms with Crippen LogP contribution in [0.15, 0.2) is 24.3 Å². The van der Waals surface area contributed by atoms with Gasteiger partial charge in [0.2, 0.25) is 5.28 Å². The van der Waals surface area contributed by atoms with Gasteiger partial charge in [-0.05, 0) is 25.4 Å². The lowest BCUT2D eigenvalue weighted by molar-refractivity contribution is 1.25. The second kappa shape index (κ2) is 3.46. The fraction of sp³-hybridized carbons (Fsp3) is 0.182. The Morgan fingerprint density at radius 1 is 1.14 bits per heavy atom. The smallest absolute Gasteiger partial charge is 0.200 e. The molecule has 0 aliphatic carbocycles. The molecule has 1 N–H and O–H groups in total. The summed E-state index contributed by atoms with van der Waals surface area (Å²) in [5, 5.41) is 0.443. The topological polar surface area (TPSA) is 28.7 Å². The molecule has 2 rings (SSSR count). The molecule has 1 aromatic carbocycles. The van der Waals surface area contributed by atoms with Gasteiger partial charge < -0.3 is 4.98 Å². The van der Waals surface area contributed by atoms with Gasteiger partial charge in [0.25, 0.3) is 0 Å². The van der Waals surface area contributed by atoms with Gasteiger partial charge in [-0.1, -0.05) is 29.8 Å². The van der Waals surface area contributed by atoms with E-state index >= 15 is 0 Å². The minimum Gasteiger partial charge on any atom is -0.332 e. The minimum absolute atomic E-state index is 0.443. The van der Waals surface area contributed by atoms with E-state index in [0.29, 0.717) is 5.28 Å². The van der Waals surface area contributed by atoms with Crippen LogP contribution in [0.4, 0.5) is 0 Å². The zero-order chi connectivity index (χ0) is 10.1. The molecule has 3 heteroatoms. The van der Waals surface area contributed by atoms with E-state index in [-0.39, 0.29) is 0 Å². The number of hydrogen-bond acceptors (Lipinski definition) is 1. The van der Waals surface area contributed by atoms with E-state index in [1.54, 1.807) is 0 Å². The van der Waals surface area contributed by atoms with Gasteiger partial charge in [0.15, 0.2) is 0 Å². The monoisotopic (exact) mass is 206 g/mol. The summed E-state index contributed by atoms with van der Waals surface area (Å²) < 4.78 is 0. The average Bonchev–Trinajstić information content (AvgIpc) is 2.47. The Morgan fingerprint density at radius 3 is 2.29 bits per heavy atom.